The lowest BCUT2D eigenvalue weighted by Gasteiger charge is -2.06. The number of rotatable bonds is 2. The van der Waals surface area contributed by atoms with Gasteiger partial charge >= 0.3 is 12.1 Å². The van der Waals surface area contributed by atoms with E-state index in [0.717, 1.165) is 12.1 Å². The number of esters is 1. The quantitative estimate of drug-likeness (QED) is 0.540. The van der Waals surface area contributed by atoms with Crippen molar-refractivity contribution in [2.45, 2.75) is 6.18 Å². The topological polar surface area (TPSA) is 72.8 Å². The zero-order chi connectivity index (χ0) is 19.3. The smallest absolute Gasteiger partial charge is 0.416 e. The maximum absolute atomic E-state index is 13.1. The van der Waals surface area contributed by atoms with E-state index < -0.39 is 17.7 Å². The van der Waals surface area contributed by atoms with Crippen molar-refractivity contribution < 1.29 is 22.7 Å². The summed E-state index contributed by atoms with van der Waals surface area (Å²) in [5.41, 5.74) is 1.86. The number of nitrogens with zero attached hydrogens (tertiary/aromatic N) is 3. The van der Waals surface area contributed by atoms with Crippen LogP contribution in [0.3, 0.4) is 0 Å². The van der Waals surface area contributed by atoms with Crippen LogP contribution in [-0.2, 0) is 18.0 Å². The summed E-state index contributed by atoms with van der Waals surface area (Å²) in [6, 6.07) is 6.58. The van der Waals surface area contributed by atoms with Crippen molar-refractivity contribution in [3.05, 3.63) is 47.7 Å². The van der Waals surface area contributed by atoms with Crippen molar-refractivity contribution in [2.75, 3.05) is 7.11 Å². The number of carbonyl (C=O) groups is 1. The van der Waals surface area contributed by atoms with E-state index in [4.69, 9.17) is 4.74 Å². The number of hydrogen-bond donors (Lipinski definition) is 1. The Morgan fingerprint density at radius 3 is 2.67 bits per heavy atom. The zero-order valence-electron chi connectivity index (χ0n) is 14.3. The van der Waals surface area contributed by atoms with Gasteiger partial charge in [-0.15, -0.1) is 0 Å². The molecule has 0 fully saturated rings. The predicted octanol–water partition coefficient (Wildman–Crippen LogP) is 3.92. The van der Waals surface area contributed by atoms with E-state index in [9.17, 15) is 18.0 Å². The van der Waals surface area contributed by atoms with Crippen LogP contribution < -0.4 is 0 Å². The summed E-state index contributed by atoms with van der Waals surface area (Å²) in [4.78, 5) is 19.2. The molecule has 6 nitrogen and oxygen atoms in total. The number of methoxy groups -OCH3 is 1. The van der Waals surface area contributed by atoms with E-state index in [-0.39, 0.29) is 5.56 Å². The number of H-pyrrole nitrogens is 1. The number of nitrogens with one attached hydrogen (secondary N) is 1. The van der Waals surface area contributed by atoms with Gasteiger partial charge < -0.3 is 9.72 Å². The number of hydrogen-bond acceptors (Lipinski definition) is 4. The summed E-state index contributed by atoms with van der Waals surface area (Å²) < 4.78 is 45.6. The highest BCUT2D eigenvalue weighted by Gasteiger charge is 2.31. The molecule has 0 spiro atoms. The highest BCUT2D eigenvalue weighted by atomic mass is 19.4. The highest BCUT2D eigenvalue weighted by Crippen LogP contribution is 2.35. The van der Waals surface area contributed by atoms with Crippen molar-refractivity contribution in [1.29, 1.82) is 0 Å². The van der Waals surface area contributed by atoms with Crippen LogP contribution in [0.4, 0.5) is 13.2 Å². The third kappa shape index (κ3) is 2.71. The number of alkyl halides is 3. The van der Waals surface area contributed by atoms with E-state index in [1.807, 2.05) is 0 Å². The van der Waals surface area contributed by atoms with Crippen LogP contribution in [-0.4, -0.2) is 32.8 Å². The Kier molecular flexibility index (Phi) is 3.69. The molecule has 0 amide bonds. The van der Waals surface area contributed by atoms with Gasteiger partial charge in [0.2, 0.25) is 0 Å². The molecule has 0 aliphatic rings. The van der Waals surface area contributed by atoms with Crippen molar-refractivity contribution >= 4 is 27.9 Å². The Balaban J connectivity index is 1.97. The van der Waals surface area contributed by atoms with Gasteiger partial charge in [-0.05, 0) is 30.3 Å². The summed E-state index contributed by atoms with van der Waals surface area (Å²) in [6.07, 6.45) is -2.99. The fourth-order valence-corrected chi connectivity index (χ4v) is 3.13. The molecule has 3 heterocycles. The monoisotopic (exact) mass is 374 g/mol. The lowest BCUT2D eigenvalue weighted by molar-refractivity contribution is -0.137. The zero-order valence-corrected chi connectivity index (χ0v) is 14.3. The van der Waals surface area contributed by atoms with Crippen molar-refractivity contribution in [3.8, 4) is 11.4 Å². The Labute approximate surface area is 150 Å². The molecule has 4 aromatic rings. The summed E-state index contributed by atoms with van der Waals surface area (Å²) in [5.74, 6) is -0.537. The van der Waals surface area contributed by atoms with Crippen LogP contribution >= 0.6 is 0 Å². The van der Waals surface area contributed by atoms with Crippen LogP contribution in [0.1, 0.15) is 15.9 Å². The summed E-state index contributed by atoms with van der Waals surface area (Å²) in [5, 5.41) is 4.62. The van der Waals surface area contributed by atoms with Crippen molar-refractivity contribution in [1.82, 2.24) is 19.7 Å². The maximum Gasteiger partial charge on any atom is 0.416 e. The van der Waals surface area contributed by atoms with Gasteiger partial charge in [0.25, 0.3) is 0 Å². The lowest BCUT2D eigenvalue weighted by atomic mass is 10.1. The summed E-state index contributed by atoms with van der Waals surface area (Å²) in [7, 11) is 2.91. The molecule has 3 aromatic heterocycles. The van der Waals surface area contributed by atoms with E-state index in [0.29, 0.717) is 33.3 Å². The fourth-order valence-electron chi connectivity index (χ4n) is 3.13. The van der Waals surface area contributed by atoms with Gasteiger partial charge in [0.15, 0.2) is 0 Å². The second kappa shape index (κ2) is 5.83. The first-order valence-corrected chi connectivity index (χ1v) is 7.90. The van der Waals surface area contributed by atoms with Gasteiger partial charge in [-0.25, -0.2) is 4.79 Å². The molecule has 1 aromatic carbocycles. The number of carbonyl (C=O) groups excluding carboxylic acids is 1. The SMILES string of the molecule is COC(=O)c1ccnc2cc(-c3c4cc(C(F)(F)F)ccc4nn3C)[nH]c12. The van der Waals surface area contributed by atoms with E-state index in [1.165, 1.54) is 30.1 Å². The second-order valence-electron chi connectivity index (χ2n) is 6.00. The molecule has 0 saturated heterocycles. The number of aromatic amines is 1. The highest BCUT2D eigenvalue weighted by molar-refractivity contribution is 6.04. The van der Waals surface area contributed by atoms with Crippen LogP contribution in [0.25, 0.3) is 33.3 Å². The second-order valence-corrected chi connectivity index (χ2v) is 6.00. The fraction of sp³-hybridized carbons (Fsp3) is 0.167. The normalized spacial score (nSPS) is 12.0. The van der Waals surface area contributed by atoms with Gasteiger partial charge in [-0.1, -0.05) is 0 Å². The molecular weight excluding hydrogens is 361 g/mol. The lowest BCUT2D eigenvalue weighted by Crippen LogP contribution is -2.04. The minimum Gasteiger partial charge on any atom is -0.465 e. The molecule has 138 valence electrons. The molecule has 27 heavy (non-hydrogen) atoms. The standard InChI is InChI=1S/C18H13F3N4O2/c1-25-16(11-7-9(18(19,20)21)3-4-12(11)24-25)14-8-13-15(23-14)10(5-6-22-13)17(26)27-2/h3-8,23H,1-2H3. The first-order chi connectivity index (χ1) is 12.8. The van der Waals surface area contributed by atoms with Crippen LogP contribution in [0.15, 0.2) is 36.5 Å². The summed E-state index contributed by atoms with van der Waals surface area (Å²) in [6.45, 7) is 0. The number of aromatic nitrogens is 4. The van der Waals surface area contributed by atoms with Crippen LogP contribution in [0.5, 0.6) is 0 Å². The first-order valence-electron chi connectivity index (χ1n) is 7.90. The van der Waals surface area contributed by atoms with Gasteiger partial charge in [-0.2, -0.15) is 18.3 Å². The molecule has 0 aliphatic heterocycles. The minimum absolute atomic E-state index is 0.288. The molecule has 0 atom stereocenters. The van der Waals surface area contributed by atoms with Crippen LogP contribution in [0.2, 0.25) is 0 Å². The number of fused-ring (bicyclic) bond motifs is 2. The van der Waals surface area contributed by atoms with Crippen molar-refractivity contribution in [3.63, 3.8) is 0 Å². The molecule has 0 bridgehead atoms. The largest absolute Gasteiger partial charge is 0.465 e. The predicted molar refractivity (Wildman–Crippen MR) is 92.1 cm³/mol. The average molecular weight is 374 g/mol. The molecule has 0 unspecified atom stereocenters. The third-order valence-corrected chi connectivity index (χ3v) is 4.34. The van der Waals surface area contributed by atoms with Gasteiger partial charge in [0, 0.05) is 18.6 Å². The molecule has 4 rings (SSSR count). The minimum atomic E-state index is -4.46. The molecule has 0 radical (unpaired) electrons. The number of halogens is 3. The first kappa shape index (κ1) is 17.1. The van der Waals surface area contributed by atoms with Crippen molar-refractivity contribution in [2.24, 2.45) is 7.05 Å². The molecule has 0 saturated carbocycles. The van der Waals surface area contributed by atoms with Gasteiger partial charge in [0.05, 0.1) is 46.2 Å². The average Bonchev–Trinajstić information content (AvgIpc) is 3.18. The maximum atomic E-state index is 13.1. The summed E-state index contributed by atoms with van der Waals surface area (Å²) >= 11 is 0. The number of benzene rings is 1. The van der Waals surface area contributed by atoms with Crippen LogP contribution in [0, 0.1) is 0 Å². The Bertz CT molecular complexity index is 1190. The van der Waals surface area contributed by atoms with E-state index in [1.54, 1.807) is 13.1 Å². The Morgan fingerprint density at radius 2 is 1.96 bits per heavy atom. The molecule has 9 heteroatoms. The molecule has 1 N–H and O–H groups in total. The number of aryl methyl sites for hydroxylation is 1. The van der Waals surface area contributed by atoms with E-state index in [2.05, 4.69) is 15.1 Å². The Hall–Kier alpha value is -3.36. The number of ether oxygens (including phenoxy) is 1. The molecule has 0 aliphatic carbocycles. The molecular formula is C18H13F3N4O2. The van der Waals surface area contributed by atoms with Gasteiger partial charge in [-0.3, -0.25) is 9.67 Å². The third-order valence-electron chi connectivity index (χ3n) is 4.34. The Morgan fingerprint density at radius 1 is 1.19 bits per heavy atom. The van der Waals surface area contributed by atoms with Gasteiger partial charge in [0.1, 0.15) is 0 Å². The number of pyridine rings is 1. The van der Waals surface area contributed by atoms with E-state index >= 15 is 0 Å².